The number of hydrogen-bond donors (Lipinski definition) is 4. The summed E-state index contributed by atoms with van der Waals surface area (Å²) in [4.78, 5) is 25.0. The van der Waals surface area contributed by atoms with E-state index in [-0.39, 0.29) is 11.5 Å². The van der Waals surface area contributed by atoms with E-state index in [4.69, 9.17) is 34.2 Å². The summed E-state index contributed by atoms with van der Waals surface area (Å²) >= 11 is 4.24. The van der Waals surface area contributed by atoms with Crippen LogP contribution in [0.2, 0.25) is 0 Å². The maximum atomic E-state index is 8.79. The quantitative estimate of drug-likeness (QED) is 0.0817. The van der Waals surface area contributed by atoms with Crippen LogP contribution in [-0.4, -0.2) is 47.6 Å². The molecule has 2 bridgehead atoms. The van der Waals surface area contributed by atoms with Crippen molar-refractivity contribution < 1.29 is 8.83 Å². The molecule has 3 N–H and O–H groups in total. The molecule has 2 saturated heterocycles. The van der Waals surface area contributed by atoms with E-state index < -0.39 is 0 Å². The largest absolute Gasteiger partial charge is 0.446 e. The van der Waals surface area contributed by atoms with Crippen LogP contribution < -0.4 is 31.1 Å². The fourth-order valence-electron chi connectivity index (χ4n) is 7.88. The topological polar surface area (TPSA) is 131 Å². The van der Waals surface area contributed by atoms with Gasteiger partial charge in [-0.2, -0.15) is 12.6 Å². The van der Waals surface area contributed by atoms with Gasteiger partial charge >= 0.3 is 0 Å². The van der Waals surface area contributed by atoms with Crippen LogP contribution in [0.15, 0.2) is 109 Å². The molecule has 0 amide bonds. The first-order chi connectivity index (χ1) is 27.9. The van der Waals surface area contributed by atoms with Gasteiger partial charge in [0.15, 0.2) is 28.9 Å². The van der Waals surface area contributed by atoms with Crippen LogP contribution in [0.4, 0.5) is 40.3 Å². The van der Waals surface area contributed by atoms with Crippen molar-refractivity contribution in [1.82, 2.24) is 9.97 Å². The first kappa shape index (κ1) is 36.5. The van der Waals surface area contributed by atoms with Crippen LogP contribution in [0.5, 0.6) is 0 Å². The number of allylic oxidation sites excluding steroid dienone is 4. The van der Waals surface area contributed by atoms with E-state index in [0.717, 1.165) is 77.1 Å². The Morgan fingerprint density at radius 1 is 0.702 bits per heavy atom. The van der Waals surface area contributed by atoms with Crippen LogP contribution in [-0.2, 0) is 0 Å². The van der Waals surface area contributed by atoms with Gasteiger partial charge in [-0.3, -0.25) is 5.41 Å². The van der Waals surface area contributed by atoms with Gasteiger partial charge in [-0.25, -0.2) is 20.0 Å². The summed E-state index contributed by atoms with van der Waals surface area (Å²) in [5, 5.41) is 18.1. The Hall–Kier alpha value is -6.14. The minimum Gasteiger partial charge on any atom is -0.446 e. The fraction of sp³-hybridized carbons (Fsp3) is 0.267. The number of fused-ring (bicyclic) bond motifs is 1. The second-order valence-electron chi connectivity index (χ2n) is 14.9. The van der Waals surface area contributed by atoms with Gasteiger partial charge in [-0.1, -0.05) is 0 Å². The highest BCUT2D eigenvalue weighted by Gasteiger charge is 2.22. The third-order valence-electron chi connectivity index (χ3n) is 10.8. The molecule has 57 heavy (non-hydrogen) atoms. The van der Waals surface area contributed by atoms with Crippen LogP contribution in [0, 0.1) is 19.3 Å². The molecule has 4 aliphatic rings. The van der Waals surface area contributed by atoms with Gasteiger partial charge in [0.1, 0.15) is 11.5 Å². The van der Waals surface area contributed by atoms with Gasteiger partial charge in [0.05, 0.1) is 33.7 Å². The number of piperidine rings is 2. The predicted molar refractivity (Wildman–Crippen MR) is 233 cm³/mol. The maximum absolute atomic E-state index is 8.79. The van der Waals surface area contributed by atoms with Gasteiger partial charge in [0.25, 0.3) is 0 Å². The minimum absolute atomic E-state index is 0.103. The lowest BCUT2D eigenvalue weighted by molar-refractivity contribution is 0.550. The average molecular weight is 776 g/mol. The molecule has 0 atom stereocenters. The number of benzene rings is 2. The Morgan fingerprint density at radius 2 is 1.30 bits per heavy atom. The van der Waals surface area contributed by atoms with Crippen LogP contribution in [0.1, 0.15) is 67.0 Å². The fourth-order valence-corrected chi connectivity index (χ4v) is 8.02. The van der Waals surface area contributed by atoms with Crippen LogP contribution >= 0.6 is 12.6 Å². The van der Waals surface area contributed by atoms with E-state index in [2.05, 4.69) is 81.6 Å². The molecule has 0 radical (unpaired) electrons. The number of nitrogens with zero attached hydrogens (tertiary/aromatic N) is 6. The van der Waals surface area contributed by atoms with Crippen LogP contribution in [0.3, 0.4) is 0 Å². The number of aromatic nitrogens is 2. The van der Waals surface area contributed by atoms with Gasteiger partial charge in [-0.15, -0.1) is 0 Å². The second-order valence-corrected chi connectivity index (χ2v) is 15.2. The third-order valence-corrected chi connectivity index (χ3v) is 10.9. The first-order valence-corrected chi connectivity index (χ1v) is 20.2. The molecule has 12 heteroatoms. The standard InChI is InChI=1S/C45H45N9O2S/c1-28-9-15-41(55-28)47-39-26-31(53-18-5-3-6-19-53)11-13-33(39)37-24-30-23-35-43(49-37)51-45(36(46)17-22-57)52-44(35)50-38(25-30)34-14-12-32(54-20-7-4-8-21-54)27-40(34)48-42-16-10-29(2)56-42/h9-17,22-27,46-48,57H,3-8,18-21H2,1-2H3/b22-17-,46-36?. The van der Waals surface area contributed by atoms with Crippen molar-refractivity contribution in [1.29, 1.82) is 5.41 Å². The zero-order chi connectivity index (χ0) is 38.9. The van der Waals surface area contributed by atoms with Crippen molar-refractivity contribution in [2.45, 2.75) is 52.4 Å². The van der Waals surface area contributed by atoms with E-state index in [1.807, 2.05) is 44.2 Å². The lowest BCUT2D eigenvalue weighted by Gasteiger charge is -2.29. The zero-order valence-corrected chi connectivity index (χ0v) is 33.1. The summed E-state index contributed by atoms with van der Waals surface area (Å²) in [6, 6.07) is 20.8. The molecular formula is C45H45N9O2S. The SMILES string of the molecule is Cc1ccc(Nc2cc(N3CCCCC3)ccc2C2=CC3=CC(c4ccc(N5CCCCC5)cc4Nc4ccc(C)o4)=Nc4nc(C(=N)/C=C\S)nc(c4=C3)=N2)o1. The molecule has 0 aliphatic carbocycles. The van der Waals surface area contributed by atoms with Gasteiger partial charge in [0, 0.05) is 60.8 Å². The molecule has 0 saturated carbocycles. The molecule has 9 rings (SSSR count). The van der Waals surface area contributed by atoms with Gasteiger partial charge < -0.3 is 29.3 Å². The van der Waals surface area contributed by atoms with E-state index in [1.54, 1.807) is 6.08 Å². The van der Waals surface area contributed by atoms with E-state index >= 15 is 0 Å². The van der Waals surface area contributed by atoms with E-state index in [1.165, 1.54) is 43.9 Å². The summed E-state index contributed by atoms with van der Waals surface area (Å²) in [5.74, 6) is 3.57. The highest BCUT2D eigenvalue weighted by Crippen LogP contribution is 2.36. The Morgan fingerprint density at radius 3 is 1.88 bits per heavy atom. The van der Waals surface area contributed by atoms with Crippen molar-refractivity contribution in [2.24, 2.45) is 9.98 Å². The number of nitrogens with one attached hydrogen (secondary N) is 3. The predicted octanol–water partition coefficient (Wildman–Crippen LogP) is 9.07. The minimum atomic E-state index is 0.103. The lowest BCUT2D eigenvalue weighted by Crippen LogP contribution is -2.32. The molecule has 288 valence electrons. The number of anilines is 6. The number of rotatable bonds is 10. The third kappa shape index (κ3) is 7.82. The highest BCUT2D eigenvalue weighted by atomic mass is 32.1. The molecule has 3 aromatic heterocycles. The molecule has 2 fully saturated rings. The summed E-state index contributed by atoms with van der Waals surface area (Å²) in [7, 11) is 0. The average Bonchev–Trinajstić information content (AvgIpc) is 3.72. The number of hydrogen-bond acceptors (Lipinski definition) is 12. The van der Waals surface area contributed by atoms with Crippen molar-refractivity contribution in [3.8, 4) is 0 Å². The molecule has 11 nitrogen and oxygen atoms in total. The van der Waals surface area contributed by atoms with E-state index in [0.29, 0.717) is 39.7 Å². The molecule has 0 spiro atoms. The monoisotopic (exact) mass is 775 g/mol. The summed E-state index contributed by atoms with van der Waals surface area (Å²) < 4.78 is 12.0. The van der Waals surface area contributed by atoms with Gasteiger partial charge in [-0.05, 0) is 136 Å². The zero-order valence-electron chi connectivity index (χ0n) is 32.2. The molecular weight excluding hydrogens is 731 g/mol. The van der Waals surface area contributed by atoms with Crippen molar-refractivity contribution in [3.05, 3.63) is 129 Å². The smallest absolute Gasteiger partial charge is 0.197 e. The lowest BCUT2D eigenvalue weighted by atomic mass is 10.0. The Labute approximate surface area is 337 Å². The Kier molecular flexibility index (Phi) is 10.1. The van der Waals surface area contributed by atoms with Gasteiger partial charge in [0.2, 0.25) is 0 Å². The van der Waals surface area contributed by atoms with E-state index in [9.17, 15) is 0 Å². The number of thiol groups is 1. The van der Waals surface area contributed by atoms with Crippen LogP contribution in [0.25, 0.3) is 11.8 Å². The summed E-state index contributed by atoms with van der Waals surface area (Å²) in [5.41, 5.74) is 8.60. The molecule has 2 aromatic carbocycles. The second kappa shape index (κ2) is 15.8. The number of aryl methyl sites for hydroxylation is 2. The molecule has 0 unspecified atom stereocenters. The number of furan rings is 2. The normalized spacial score (nSPS) is 16.5. The molecule has 7 heterocycles. The highest BCUT2D eigenvalue weighted by molar-refractivity contribution is 7.83. The van der Waals surface area contributed by atoms with Crippen molar-refractivity contribution in [3.63, 3.8) is 0 Å². The Balaban J connectivity index is 1.22. The maximum Gasteiger partial charge on any atom is 0.197 e. The van der Waals surface area contributed by atoms with Crippen molar-refractivity contribution in [2.75, 3.05) is 46.6 Å². The first-order valence-electron chi connectivity index (χ1n) is 19.7. The van der Waals surface area contributed by atoms with Crippen molar-refractivity contribution >= 4 is 76.2 Å². The molecule has 5 aromatic rings. The summed E-state index contributed by atoms with van der Waals surface area (Å²) in [6.07, 6.45) is 14.9. The summed E-state index contributed by atoms with van der Waals surface area (Å²) in [6.45, 7) is 7.96. The number of aliphatic imine (C=N–C) groups is 1. The molecule has 4 aliphatic heterocycles. The Bertz CT molecular complexity index is 2620.